The largest absolute Gasteiger partial charge is 0.359 e. The Morgan fingerprint density at radius 3 is 2.62 bits per heavy atom. The molecule has 0 radical (unpaired) electrons. The van der Waals surface area contributed by atoms with Gasteiger partial charge in [-0.2, -0.15) is 4.31 Å². The van der Waals surface area contributed by atoms with Crippen molar-refractivity contribution in [2.24, 2.45) is 0 Å². The molecular weight excluding hydrogens is 330 g/mol. The minimum atomic E-state index is -3.64. The number of nitrogens with zero attached hydrogens (tertiary/aromatic N) is 2. The van der Waals surface area contributed by atoms with E-state index in [0.717, 1.165) is 12.1 Å². The van der Waals surface area contributed by atoms with E-state index in [1.165, 1.54) is 23.4 Å². The topological polar surface area (TPSA) is 92.5 Å². The second-order valence-electron chi connectivity index (χ2n) is 5.85. The first-order valence-electron chi connectivity index (χ1n) is 7.70. The highest BCUT2D eigenvalue weighted by atomic mass is 32.2. The van der Waals surface area contributed by atoms with E-state index < -0.39 is 10.0 Å². The van der Waals surface area contributed by atoms with Crippen LogP contribution in [0.2, 0.25) is 0 Å². The highest BCUT2D eigenvalue weighted by Gasteiger charge is 2.38. The summed E-state index contributed by atoms with van der Waals surface area (Å²) in [4.78, 5) is 11.2. The summed E-state index contributed by atoms with van der Waals surface area (Å²) >= 11 is 0. The molecule has 0 spiro atoms. The van der Waals surface area contributed by atoms with Gasteiger partial charge in [0.15, 0.2) is 5.76 Å². The molecule has 1 N–H and O–H groups in total. The van der Waals surface area contributed by atoms with Crippen LogP contribution < -0.4 is 5.32 Å². The van der Waals surface area contributed by atoms with Crippen LogP contribution in [0.4, 0.5) is 5.69 Å². The predicted molar refractivity (Wildman–Crippen MR) is 87.9 cm³/mol. The SMILES string of the molecule is CC(=O)Nc1ccc(S(=O)(=O)N2CCC[C@H]2c2cc(C)no2)cc1. The van der Waals surface area contributed by atoms with Crippen molar-refractivity contribution in [3.05, 3.63) is 41.8 Å². The van der Waals surface area contributed by atoms with Gasteiger partial charge in [0.1, 0.15) is 0 Å². The molecule has 1 aliphatic rings. The molecule has 24 heavy (non-hydrogen) atoms. The van der Waals surface area contributed by atoms with Crippen LogP contribution in [0.25, 0.3) is 0 Å². The third-order valence-electron chi connectivity index (χ3n) is 3.96. The number of aromatic nitrogens is 1. The van der Waals surface area contributed by atoms with E-state index in [1.807, 2.05) is 6.92 Å². The Hall–Kier alpha value is -2.19. The van der Waals surface area contributed by atoms with Crippen molar-refractivity contribution < 1.29 is 17.7 Å². The van der Waals surface area contributed by atoms with E-state index in [0.29, 0.717) is 24.4 Å². The van der Waals surface area contributed by atoms with Crippen LogP contribution in [0.3, 0.4) is 0 Å². The normalized spacial score (nSPS) is 18.7. The van der Waals surface area contributed by atoms with Gasteiger partial charge in [-0.1, -0.05) is 5.16 Å². The molecule has 0 aliphatic carbocycles. The number of carbonyl (C=O) groups is 1. The Balaban J connectivity index is 1.87. The summed E-state index contributed by atoms with van der Waals surface area (Å²) in [5.41, 5.74) is 1.29. The van der Waals surface area contributed by atoms with E-state index in [4.69, 9.17) is 4.52 Å². The minimum Gasteiger partial charge on any atom is -0.359 e. The van der Waals surface area contributed by atoms with Crippen LogP contribution in [0.5, 0.6) is 0 Å². The molecular formula is C16H19N3O4S. The zero-order chi connectivity index (χ0) is 17.3. The van der Waals surface area contributed by atoms with Gasteiger partial charge < -0.3 is 9.84 Å². The maximum atomic E-state index is 12.9. The fourth-order valence-electron chi connectivity index (χ4n) is 2.90. The third-order valence-corrected chi connectivity index (χ3v) is 5.88. The molecule has 2 heterocycles. The smallest absolute Gasteiger partial charge is 0.243 e. The first kappa shape index (κ1) is 16.7. The van der Waals surface area contributed by atoms with Crippen LogP contribution >= 0.6 is 0 Å². The lowest BCUT2D eigenvalue weighted by atomic mass is 10.2. The first-order chi connectivity index (χ1) is 11.4. The summed E-state index contributed by atoms with van der Waals surface area (Å²) < 4.78 is 32.6. The average molecular weight is 349 g/mol. The number of hydrogen-bond acceptors (Lipinski definition) is 5. The molecule has 128 valence electrons. The second-order valence-corrected chi connectivity index (χ2v) is 7.74. The molecule has 2 aromatic rings. The maximum absolute atomic E-state index is 12.9. The van der Waals surface area contributed by atoms with Crippen molar-refractivity contribution in [3.63, 3.8) is 0 Å². The fourth-order valence-corrected chi connectivity index (χ4v) is 4.57. The first-order valence-corrected chi connectivity index (χ1v) is 9.14. The summed E-state index contributed by atoms with van der Waals surface area (Å²) in [6.07, 6.45) is 1.48. The van der Waals surface area contributed by atoms with Crippen molar-refractivity contribution in [1.82, 2.24) is 9.46 Å². The number of benzene rings is 1. The highest BCUT2D eigenvalue weighted by molar-refractivity contribution is 7.89. The Bertz CT molecular complexity index is 842. The number of carbonyl (C=O) groups excluding carboxylic acids is 1. The van der Waals surface area contributed by atoms with Crippen LogP contribution in [0, 0.1) is 6.92 Å². The molecule has 0 bridgehead atoms. The third kappa shape index (κ3) is 3.20. The molecule has 0 unspecified atom stereocenters. The minimum absolute atomic E-state index is 0.194. The lowest BCUT2D eigenvalue weighted by Gasteiger charge is -2.22. The van der Waals surface area contributed by atoms with Crippen LogP contribution in [0.15, 0.2) is 39.8 Å². The molecule has 1 atom stereocenters. The van der Waals surface area contributed by atoms with Gasteiger partial charge in [0.05, 0.1) is 16.6 Å². The molecule has 8 heteroatoms. The van der Waals surface area contributed by atoms with Gasteiger partial charge in [-0.05, 0) is 44.0 Å². The standard InChI is InChI=1S/C16H19N3O4S/c1-11-10-16(23-18-11)15-4-3-9-19(15)24(21,22)14-7-5-13(6-8-14)17-12(2)20/h5-8,10,15H,3-4,9H2,1-2H3,(H,17,20)/t15-/m0/s1. The number of amides is 1. The van der Waals surface area contributed by atoms with Gasteiger partial charge in [-0.3, -0.25) is 4.79 Å². The van der Waals surface area contributed by atoms with E-state index >= 15 is 0 Å². The molecule has 1 fully saturated rings. The number of rotatable bonds is 4. The maximum Gasteiger partial charge on any atom is 0.243 e. The van der Waals surface area contributed by atoms with Crippen molar-refractivity contribution in [3.8, 4) is 0 Å². The van der Waals surface area contributed by atoms with E-state index in [1.54, 1.807) is 18.2 Å². The number of sulfonamides is 1. The van der Waals surface area contributed by atoms with Crippen molar-refractivity contribution in [2.45, 2.75) is 37.6 Å². The zero-order valence-corrected chi connectivity index (χ0v) is 14.3. The summed E-state index contributed by atoms with van der Waals surface area (Å²) in [5.74, 6) is 0.370. The molecule has 1 aliphatic heterocycles. The Morgan fingerprint density at radius 2 is 2.04 bits per heavy atom. The van der Waals surface area contributed by atoms with E-state index in [9.17, 15) is 13.2 Å². The predicted octanol–water partition coefficient (Wildman–Crippen LogP) is 2.47. The second kappa shape index (κ2) is 6.37. The Kier molecular flexibility index (Phi) is 4.42. The van der Waals surface area contributed by atoms with Gasteiger partial charge in [0.2, 0.25) is 15.9 Å². The number of nitrogens with one attached hydrogen (secondary N) is 1. The molecule has 1 amide bonds. The summed E-state index contributed by atoms with van der Waals surface area (Å²) in [7, 11) is -3.64. The summed E-state index contributed by atoms with van der Waals surface area (Å²) in [5, 5.41) is 6.47. The molecule has 3 rings (SSSR count). The Labute approximate surface area is 140 Å². The number of anilines is 1. The Morgan fingerprint density at radius 1 is 1.33 bits per heavy atom. The monoisotopic (exact) mass is 349 g/mol. The fraction of sp³-hybridized carbons (Fsp3) is 0.375. The lowest BCUT2D eigenvalue weighted by Crippen LogP contribution is -2.30. The van der Waals surface area contributed by atoms with Gasteiger partial charge in [-0.15, -0.1) is 0 Å². The van der Waals surface area contributed by atoms with E-state index in [-0.39, 0.29) is 16.8 Å². The summed E-state index contributed by atoms with van der Waals surface area (Å²) in [6, 6.07) is 7.61. The van der Waals surface area contributed by atoms with Crippen molar-refractivity contribution in [2.75, 3.05) is 11.9 Å². The number of aryl methyl sites for hydroxylation is 1. The highest BCUT2D eigenvalue weighted by Crippen LogP contribution is 2.36. The molecule has 1 aromatic heterocycles. The van der Waals surface area contributed by atoms with Crippen molar-refractivity contribution >= 4 is 21.6 Å². The zero-order valence-electron chi connectivity index (χ0n) is 13.5. The van der Waals surface area contributed by atoms with Gasteiger partial charge in [0.25, 0.3) is 0 Å². The molecule has 7 nitrogen and oxygen atoms in total. The van der Waals surface area contributed by atoms with Crippen molar-refractivity contribution in [1.29, 1.82) is 0 Å². The quantitative estimate of drug-likeness (QED) is 0.915. The van der Waals surface area contributed by atoms with Gasteiger partial charge in [-0.25, -0.2) is 8.42 Å². The average Bonchev–Trinajstić information content (AvgIpc) is 3.15. The van der Waals surface area contributed by atoms with Gasteiger partial charge in [0, 0.05) is 25.2 Å². The number of hydrogen-bond donors (Lipinski definition) is 1. The van der Waals surface area contributed by atoms with Crippen LogP contribution in [0.1, 0.15) is 37.3 Å². The van der Waals surface area contributed by atoms with E-state index in [2.05, 4.69) is 10.5 Å². The van der Waals surface area contributed by atoms with Crippen LogP contribution in [-0.4, -0.2) is 30.3 Å². The molecule has 1 aromatic carbocycles. The lowest BCUT2D eigenvalue weighted by molar-refractivity contribution is -0.114. The van der Waals surface area contributed by atoms with Gasteiger partial charge >= 0.3 is 0 Å². The van der Waals surface area contributed by atoms with Crippen LogP contribution in [-0.2, 0) is 14.8 Å². The summed E-state index contributed by atoms with van der Waals surface area (Å²) in [6.45, 7) is 3.65. The molecule has 0 saturated carbocycles. The molecule has 1 saturated heterocycles.